The van der Waals surface area contributed by atoms with Crippen LogP contribution >= 0.6 is 0 Å². The van der Waals surface area contributed by atoms with Crippen LogP contribution in [0.3, 0.4) is 0 Å². The van der Waals surface area contributed by atoms with Crippen molar-refractivity contribution in [3.05, 3.63) is 35.9 Å². The van der Waals surface area contributed by atoms with Gasteiger partial charge in [-0.25, -0.2) is 0 Å². The first-order valence-electron chi connectivity index (χ1n) is 9.54. The molecule has 0 spiro atoms. The molecule has 1 heterocycles. The van der Waals surface area contributed by atoms with Gasteiger partial charge in [-0.05, 0) is 44.5 Å². The van der Waals surface area contributed by atoms with Crippen LogP contribution < -0.4 is 10.6 Å². The monoisotopic (exact) mass is 345 g/mol. The number of carbonyl (C=O) groups excluding carboxylic acids is 2. The van der Waals surface area contributed by atoms with Crippen molar-refractivity contribution in [2.75, 3.05) is 32.7 Å². The van der Waals surface area contributed by atoms with Gasteiger partial charge in [0, 0.05) is 19.5 Å². The average molecular weight is 345 g/mol. The smallest absolute Gasteiger partial charge is 0.224 e. The number of hydrogen-bond donors (Lipinski definition) is 2. The molecule has 1 fully saturated rings. The first-order valence-corrected chi connectivity index (χ1v) is 9.54. The van der Waals surface area contributed by atoms with Crippen LogP contribution in [0.15, 0.2) is 30.3 Å². The number of nitrogens with zero attached hydrogens (tertiary/aromatic N) is 1. The van der Waals surface area contributed by atoms with Crippen LogP contribution in [0.5, 0.6) is 0 Å². The summed E-state index contributed by atoms with van der Waals surface area (Å²) in [7, 11) is 0. The van der Waals surface area contributed by atoms with E-state index in [1.54, 1.807) is 0 Å². The highest BCUT2D eigenvalue weighted by molar-refractivity contribution is 5.80. The Bertz CT molecular complexity index is 511. The maximum Gasteiger partial charge on any atom is 0.224 e. The van der Waals surface area contributed by atoms with E-state index in [0.717, 1.165) is 18.5 Å². The van der Waals surface area contributed by atoms with Crippen LogP contribution in [-0.2, 0) is 16.0 Å². The van der Waals surface area contributed by atoms with Gasteiger partial charge in [0.2, 0.25) is 11.8 Å². The summed E-state index contributed by atoms with van der Waals surface area (Å²) >= 11 is 0. The molecule has 1 aliphatic rings. The second-order valence-electron chi connectivity index (χ2n) is 6.72. The standard InChI is InChI=1S/C20H31N3O2/c24-19(21-12-8-16-23-14-6-1-2-7-15-23)11-13-22-20(25)17-18-9-4-3-5-10-18/h3-5,9-10H,1-2,6-8,11-17H2,(H,21,24)(H,22,25). The fraction of sp³-hybridized carbons (Fsp3) is 0.600. The quantitative estimate of drug-likeness (QED) is 0.674. The third-order valence-electron chi connectivity index (χ3n) is 4.55. The number of benzene rings is 1. The molecule has 2 rings (SSSR count). The molecule has 1 saturated heterocycles. The maximum absolute atomic E-state index is 11.8. The fourth-order valence-electron chi connectivity index (χ4n) is 3.14. The Kier molecular flexibility index (Phi) is 9.05. The molecule has 2 N–H and O–H groups in total. The molecule has 0 unspecified atom stereocenters. The van der Waals surface area contributed by atoms with Crippen molar-refractivity contribution in [1.29, 1.82) is 0 Å². The lowest BCUT2D eigenvalue weighted by Crippen LogP contribution is -2.33. The molecule has 1 aliphatic heterocycles. The minimum Gasteiger partial charge on any atom is -0.356 e. The molecule has 5 heteroatoms. The fourth-order valence-corrected chi connectivity index (χ4v) is 3.14. The predicted octanol–water partition coefficient (Wildman–Crippen LogP) is 2.12. The Morgan fingerprint density at radius 2 is 1.56 bits per heavy atom. The average Bonchev–Trinajstić information content (AvgIpc) is 2.88. The van der Waals surface area contributed by atoms with Crippen molar-refractivity contribution in [3.8, 4) is 0 Å². The lowest BCUT2D eigenvalue weighted by molar-refractivity contribution is -0.122. The van der Waals surface area contributed by atoms with Crippen molar-refractivity contribution in [1.82, 2.24) is 15.5 Å². The van der Waals surface area contributed by atoms with Gasteiger partial charge in [-0.15, -0.1) is 0 Å². The van der Waals surface area contributed by atoms with E-state index >= 15 is 0 Å². The van der Waals surface area contributed by atoms with Crippen LogP contribution in [0.2, 0.25) is 0 Å². The van der Waals surface area contributed by atoms with Crippen LogP contribution in [0.25, 0.3) is 0 Å². The number of hydrogen-bond acceptors (Lipinski definition) is 3. The molecule has 0 aliphatic carbocycles. The summed E-state index contributed by atoms with van der Waals surface area (Å²) in [6.45, 7) is 4.56. The van der Waals surface area contributed by atoms with Crippen LogP contribution in [-0.4, -0.2) is 49.4 Å². The van der Waals surface area contributed by atoms with Gasteiger partial charge in [0.1, 0.15) is 0 Å². The summed E-state index contributed by atoms with van der Waals surface area (Å²) in [5, 5.41) is 5.75. The predicted molar refractivity (Wildman–Crippen MR) is 100 cm³/mol. The van der Waals surface area contributed by atoms with E-state index in [4.69, 9.17) is 0 Å². The minimum atomic E-state index is -0.0415. The molecule has 0 radical (unpaired) electrons. The van der Waals surface area contributed by atoms with Gasteiger partial charge in [0.25, 0.3) is 0 Å². The van der Waals surface area contributed by atoms with Crippen molar-refractivity contribution < 1.29 is 9.59 Å². The molecule has 25 heavy (non-hydrogen) atoms. The van der Waals surface area contributed by atoms with E-state index in [1.807, 2.05) is 30.3 Å². The van der Waals surface area contributed by atoms with E-state index in [1.165, 1.54) is 38.8 Å². The van der Waals surface area contributed by atoms with E-state index < -0.39 is 0 Å². The van der Waals surface area contributed by atoms with Gasteiger partial charge in [0.05, 0.1) is 6.42 Å². The van der Waals surface area contributed by atoms with Crippen LogP contribution in [0.1, 0.15) is 44.1 Å². The first-order chi connectivity index (χ1) is 12.2. The van der Waals surface area contributed by atoms with Crippen molar-refractivity contribution in [3.63, 3.8) is 0 Å². The minimum absolute atomic E-state index is 0.0101. The molecule has 0 atom stereocenters. The first kappa shape index (κ1) is 19.4. The zero-order valence-corrected chi connectivity index (χ0v) is 15.1. The Hall–Kier alpha value is -1.88. The number of rotatable bonds is 9. The lowest BCUT2D eigenvalue weighted by Gasteiger charge is -2.19. The lowest BCUT2D eigenvalue weighted by atomic mass is 10.1. The van der Waals surface area contributed by atoms with Gasteiger partial charge in [-0.3, -0.25) is 9.59 Å². The van der Waals surface area contributed by atoms with Crippen molar-refractivity contribution in [2.45, 2.75) is 44.9 Å². The highest BCUT2D eigenvalue weighted by atomic mass is 16.2. The molecule has 1 aromatic carbocycles. The summed E-state index contributed by atoms with van der Waals surface area (Å²) in [6, 6.07) is 9.62. The molecule has 2 amide bonds. The third-order valence-corrected chi connectivity index (χ3v) is 4.55. The highest BCUT2D eigenvalue weighted by Crippen LogP contribution is 2.09. The molecule has 5 nitrogen and oxygen atoms in total. The number of carbonyl (C=O) groups is 2. The van der Waals surface area contributed by atoms with E-state index in [-0.39, 0.29) is 11.8 Å². The molecule has 138 valence electrons. The zero-order chi connectivity index (χ0) is 17.7. The van der Waals surface area contributed by atoms with Crippen molar-refractivity contribution in [2.24, 2.45) is 0 Å². The van der Waals surface area contributed by atoms with E-state index in [2.05, 4.69) is 15.5 Å². The summed E-state index contributed by atoms with van der Waals surface area (Å²) in [4.78, 5) is 26.1. The second kappa shape index (κ2) is 11.6. The number of likely N-dealkylation sites (tertiary alicyclic amines) is 1. The van der Waals surface area contributed by atoms with Crippen LogP contribution in [0, 0.1) is 0 Å². The zero-order valence-electron chi connectivity index (χ0n) is 15.1. The number of nitrogens with one attached hydrogen (secondary N) is 2. The maximum atomic E-state index is 11.8. The molecular weight excluding hydrogens is 314 g/mol. The number of amides is 2. The second-order valence-corrected chi connectivity index (χ2v) is 6.72. The van der Waals surface area contributed by atoms with E-state index in [0.29, 0.717) is 25.9 Å². The van der Waals surface area contributed by atoms with Gasteiger partial charge >= 0.3 is 0 Å². The Morgan fingerprint density at radius 3 is 2.28 bits per heavy atom. The SMILES string of the molecule is O=C(CCNC(=O)Cc1ccccc1)NCCCN1CCCCCC1. The summed E-state index contributed by atoms with van der Waals surface area (Å²) < 4.78 is 0. The Balaban J connectivity index is 1.48. The summed E-state index contributed by atoms with van der Waals surface area (Å²) in [6.07, 6.45) is 6.99. The Morgan fingerprint density at radius 1 is 0.880 bits per heavy atom. The summed E-state index contributed by atoms with van der Waals surface area (Å²) in [5.41, 5.74) is 0.984. The highest BCUT2D eigenvalue weighted by Gasteiger charge is 2.09. The van der Waals surface area contributed by atoms with Gasteiger partial charge in [-0.1, -0.05) is 43.2 Å². The molecular formula is C20H31N3O2. The largest absolute Gasteiger partial charge is 0.356 e. The van der Waals surface area contributed by atoms with Crippen LogP contribution in [0.4, 0.5) is 0 Å². The topological polar surface area (TPSA) is 61.4 Å². The molecule has 0 aromatic heterocycles. The third kappa shape index (κ3) is 8.68. The molecule has 0 bridgehead atoms. The van der Waals surface area contributed by atoms with Crippen molar-refractivity contribution >= 4 is 11.8 Å². The summed E-state index contributed by atoms with van der Waals surface area (Å²) in [5.74, 6) is -0.0314. The van der Waals surface area contributed by atoms with Gasteiger partial charge < -0.3 is 15.5 Å². The Labute approximate surface area is 151 Å². The van der Waals surface area contributed by atoms with E-state index in [9.17, 15) is 9.59 Å². The molecule has 0 saturated carbocycles. The van der Waals surface area contributed by atoms with Gasteiger partial charge in [0.15, 0.2) is 0 Å². The van der Waals surface area contributed by atoms with Gasteiger partial charge in [-0.2, -0.15) is 0 Å². The molecule has 1 aromatic rings. The normalized spacial score (nSPS) is 15.4.